The van der Waals surface area contributed by atoms with Gasteiger partial charge in [0.05, 0.1) is 38.4 Å². The summed E-state index contributed by atoms with van der Waals surface area (Å²) in [6.07, 6.45) is -1.46. The summed E-state index contributed by atoms with van der Waals surface area (Å²) in [7, 11) is 0. The predicted molar refractivity (Wildman–Crippen MR) is 210 cm³/mol. The first kappa shape index (κ1) is 52.6. The Morgan fingerprint density at radius 1 is 0.607 bits per heavy atom. The van der Waals surface area contributed by atoms with E-state index in [1.807, 2.05) is 0 Å². The fourth-order valence-corrected chi connectivity index (χ4v) is 6.03. The van der Waals surface area contributed by atoms with Crippen molar-refractivity contribution in [3.8, 4) is 0 Å². The van der Waals surface area contributed by atoms with Crippen molar-refractivity contribution in [3.05, 3.63) is 0 Å². The zero-order valence-electron chi connectivity index (χ0n) is 34.7. The minimum atomic E-state index is -1.67. The molecule has 0 unspecified atom stereocenters. The van der Waals surface area contributed by atoms with Gasteiger partial charge in [0.15, 0.2) is 0 Å². The van der Waals surface area contributed by atoms with Crippen LogP contribution in [0.1, 0.15) is 79.6 Å². The third-order valence-electron chi connectivity index (χ3n) is 8.93. The van der Waals surface area contributed by atoms with Crippen molar-refractivity contribution in [1.29, 1.82) is 0 Å². The van der Waals surface area contributed by atoms with E-state index in [2.05, 4.69) is 37.2 Å². The van der Waals surface area contributed by atoms with E-state index in [4.69, 9.17) is 17.2 Å². The second kappa shape index (κ2) is 25.3. The van der Waals surface area contributed by atoms with E-state index in [0.29, 0.717) is 6.42 Å². The number of hydrogen-bond donors (Lipinski definition) is 12. The lowest BCUT2D eigenvalue weighted by atomic mass is 10.0. The number of carboxylic acids is 2. The standard InChI is InChI=1S/C36H59N11O14/c1-16(2)9-20(44-31(55)19(37)11-25(38)48)33(57)45-21(12-26(39)49)32(56)41-14-27(50)42-18(5)30(54)40-15-28(51)43-22(13-29(52)53)35(59)47-8-6-7-24(47)34(58)46-23(36(60)61)10-17(3)4/h16-24H,6-15,37H2,1-5H3,(H2,38,48)(H2,39,49)(H,40,54)(H,41,56)(H,42,50)(H,43,51)(H,44,55)(H,45,57)(H,46,58)(H,52,53)(H,60,61)/t18-,19-,20-,21-,22-,23-,24-/m0/s1. The Labute approximate surface area is 351 Å². The number of carboxylic acid groups (broad SMARTS) is 2. The van der Waals surface area contributed by atoms with Crippen molar-refractivity contribution in [3.63, 3.8) is 0 Å². The van der Waals surface area contributed by atoms with Crippen LogP contribution in [-0.4, -0.2) is 148 Å². The lowest BCUT2D eigenvalue weighted by Crippen LogP contribution is -2.57. The van der Waals surface area contributed by atoms with Crippen LogP contribution in [0.4, 0.5) is 0 Å². The van der Waals surface area contributed by atoms with Gasteiger partial charge in [-0.25, -0.2) is 4.79 Å². The molecule has 1 fully saturated rings. The van der Waals surface area contributed by atoms with Crippen molar-refractivity contribution in [2.75, 3.05) is 19.6 Å². The summed E-state index contributed by atoms with van der Waals surface area (Å²) in [6, 6.07) is -9.61. The minimum Gasteiger partial charge on any atom is -0.481 e. The maximum Gasteiger partial charge on any atom is 0.326 e. The molecule has 0 radical (unpaired) electrons. The first-order valence-corrected chi connectivity index (χ1v) is 19.4. The number of rotatable bonds is 26. The molecule has 0 aromatic heterocycles. The molecule has 61 heavy (non-hydrogen) atoms. The number of hydrogen-bond acceptors (Lipinski definition) is 13. The molecule has 25 nitrogen and oxygen atoms in total. The smallest absolute Gasteiger partial charge is 0.326 e. The largest absolute Gasteiger partial charge is 0.481 e. The van der Waals surface area contributed by atoms with E-state index < -0.39 is 146 Å². The Morgan fingerprint density at radius 2 is 1.13 bits per heavy atom. The SMILES string of the molecule is CC(C)C[C@H](NC(=O)[C@@H]1CCCN1C(=O)[C@H](CC(=O)O)NC(=O)CNC(=O)[C@H](C)NC(=O)CNC(=O)[C@H](CC(N)=O)NC(=O)[C@H](CC(C)C)NC(=O)[C@@H](N)CC(N)=O)C(=O)O. The maximum atomic E-state index is 13.4. The first-order chi connectivity index (χ1) is 28.3. The molecular weight excluding hydrogens is 810 g/mol. The van der Waals surface area contributed by atoms with Crippen LogP contribution in [0.5, 0.6) is 0 Å². The zero-order chi connectivity index (χ0) is 46.7. The van der Waals surface area contributed by atoms with Crippen LogP contribution >= 0.6 is 0 Å². The van der Waals surface area contributed by atoms with Gasteiger partial charge in [-0.05, 0) is 44.4 Å². The van der Waals surface area contributed by atoms with E-state index in [1.165, 1.54) is 6.92 Å². The van der Waals surface area contributed by atoms with Gasteiger partial charge in [0.1, 0.15) is 36.3 Å². The molecule has 1 rings (SSSR count). The summed E-state index contributed by atoms with van der Waals surface area (Å²) >= 11 is 0. The molecule has 10 amide bonds. The van der Waals surface area contributed by atoms with Crippen LogP contribution in [0, 0.1) is 11.8 Å². The Morgan fingerprint density at radius 3 is 1.66 bits per heavy atom. The fourth-order valence-electron chi connectivity index (χ4n) is 6.03. The molecule has 0 aromatic rings. The fraction of sp³-hybridized carbons (Fsp3) is 0.667. The van der Waals surface area contributed by atoms with E-state index in [9.17, 15) is 67.7 Å². The lowest BCUT2D eigenvalue weighted by molar-refractivity contribution is -0.147. The average Bonchev–Trinajstić information content (AvgIpc) is 3.63. The van der Waals surface area contributed by atoms with Crippen LogP contribution in [0.3, 0.4) is 0 Å². The van der Waals surface area contributed by atoms with Gasteiger partial charge in [-0.15, -0.1) is 0 Å². The molecule has 0 saturated carbocycles. The number of carbonyl (C=O) groups excluding carboxylic acids is 10. The Balaban J connectivity index is 2.84. The normalized spacial score (nSPS) is 16.4. The van der Waals surface area contributed by atoms with Crippen molar-refractivity contribution in [2.24, 2.45) is 29.0 Å². The molecule has 1 aliphatic heterocycles. The van der Waals surface area contributed by atoms with Crippen LogP contribution in [0.25, 0.3) is 0 Å². The Hall–Kier alpha value is -6.40. The third kappa shape index (κ3) is 19.5. The second-order valence-electron chi connectivity index (χ2n) is 15.4. The molecule has 0 aromatic carbocycles. The molecule has 342 valence electrons. The summed E-state index contributed by atoms with van der Waals surface area (Å²) in [5, 5.41) is 34.9. The summed E-state index contributed by atoms with van der Waals surface area (Å²) in [4.78, 5) is 150. The van der Waals surface area contributed by atoms with Crippen LogP contribution in [0.2, 0.25) is 0 Å². The minimum absolute atomic E-state index is 0.0223. The molecule has 1 saturated heterocycles. The molecule has 7 atom stereocenters. The lowest BCUT2D eigenvalue weighted by Gasteiger charge is -2.29. The van der Waals surface area contributed by atoms with Gasteiger partial charge in [0, 0.05) is 6.54 Å². The number of carbonyl (C=O) groups is 12. The van der Waals surface area contributed by atoms with Crippen molar-refractivity contribution < 1.29 is 67.7 Å². The molecule has 25 heteroatoms. The van der Waals surface area contributed by atoms with Crippen molar-refractivity contribution in [2.45, 2.75) is 122 Å². The Bertz CT molecular complexity index is 1670. The zero-order valence-corrected chi connectivity index (χ0v) is 34.7. The Kier molecular flexibility index (Phi) is 21.8. The first-order valence-electron chi connectivity index (χ1n) is 19.4. The molecule has 0 spiro atoms. The maximum absolute atomic E-state index is 13.4. The monoisotopic (exact) mass is 869 g/mol. The highest BCUT2D eigenvalue weighted by Gasteiger charge is 2.40. The summed E-state index contributed by atoms with van der Waals surface area (Å²) in [6.45, 7) is 6.65. The van der Waals surface area contributed by atoms with E-state index in [0.717, 1.165) is 4.90 Å². The van der Waals surface area contributed by atoms with Crippen LogP contribution in [0.15, 0.2) is 0 Å². The number of nitrogens with zero attached hydrogens (tertiary/aromatic N) is 1. The van der Waals surface area contributed by atoms with E-state index in [1.54, 1.807) is 27.7 Å². The van der Waals surface area contributed by atoms with Gasteiger partial charge in [0.25, 0.3) is 0 Å². The molecule has 1 heterocycles. The molecule has 1 aliphatic rings. The third-order valence-corrected chi connectivity index (χ3v) is 8.93. The number of nitrogens with two attached hydrogens (primary N) is 3. The summed E-state index contributed by atoms with van der Waals surface area (Å²) in [5.74, 6) is -12.2. The quantitative estimate of drug-likeness (QED) is 0.0386. The molecule has 0 aliphatic carbocycles. The summed E-state index contributed by atoms with van der Waals surface area (Å²) < 4.78 is 0. The summed E-state index contributed by atoms with van der Waals surface area (Å²) in [5.41, 5.74) is 16.0. The predicted octanol–water partition coefficient (Wildman–Crippen LogP) is -5.62. The van der Waals surface area contributed by atoms with Gasteiger partial charge in [-0.2, -0.15) is 0 Å². The van der Waals surface area contributed by atoms with Crippen LogP contribution in [-0.2, 0) is 57.5 Å². The molecule has 15 N–H and O–H groups in total. The van der Waals surface area contributed by atoms with Gasteiger partial charge in [-0.1, -0.05) is 27.7 Å². The molecular formula is C36H59N11O14. The van der Waals surface area contributed by atoms with E-state index in [-0.39, 0.29) is 37.6 Å². The number of aliphatic carboxylic acids is 2. The highest BCUT2D eigenvalue weighted by Crippen LogP contribution is 2.20. The second-order valence-corrected chi connectivity index (χ2v) is 15.4. The van der Waals surface area contributed by atoms with Crippen LogP contribution < -0.4 is 54.4 Å². The van der Waals surface area contributed by atoms with Crippen molar-refractivity contribution >= 4 is 71.0 Å². The highest BCUT2D eigenvalue weighted by atomic mass is 16.4. The average molecular weight is 870 g/mol. The van der Waals surface area contributed by atoms with E-state index >= 15 is 0 Å². The van der Waals surface area contributed by atoms with Crippen molar-refractivity contribution in [1.82, 2.24) is 42.1 Å². The number of primary amides is 2. The van der Waals surface area contributed by atoms with Gasteiger partial charge < -0.3 is 69.5 Å². The molecule has 0 bridgehead atoms. The number of nitrogens with one attached hydrogen (secondary N) is 7. The van der Waals surface area contributed by atoms with Gasteiger partial charge in [-0.3, -0.25) is 52.7 Å². The van der Waals surface area contributed by atoms with Gasteiger partial charge >= 0.3 is 11.9 Å². The number of likely N-dealkylation sites (tertiary alicyclic amines) is 1. The van der Waals surface area contributed by atoms with Gasteiger partial charge in [0.2, 0.25) is 59.1 Å². The topological polar surface area (TPSA) is 411 Å². The number of amides is 10. The highest BCUT2D eigenvalue weighted by molar-refractivity contribution is 5.98.